The number of aromatic nitrogens is 3. The highest BCUT2D eigenvalue weighted by Crippen LogP contribution is 2.28. The Hall–Kier alpha value is -2.22. The Morgan fingerprint density at radius 1 is 1.05 bits per heavy atom. The molecule has 0 aromatic carbocycles. The van der Waals surface area contributed by atoms with E-state index in [1.165, 1.54) is 18.5 Å². The monoisotopic (exact) mass is 309 g/mol. The van der Waals surface area contributed by atoms with Crippen molar-refractivity contribution in [1.82, 2.24) is 20.3 Å². The third-order valence-corrected chi connectivity index (χ3v) is 3.41. The average Bonchev–Trinajstić information content (AvgIpc) is 2.55. The van der Waals surface area contributed by atoms with Crippen molar-refractivity contribution in [2.75, 3.05) is 31.1 Å². The molecule has 1 aliphatic heterocycles. The van der Waals surface area contributed by atoms with Gasteiger partial charge in [-0.15, -0.1) is 0 Å². The van der Waals surface area contributed by atoms with E-state index in [4.69, 9.17) is 0 Å². The van der Waals surface area contributed by atoms with Crippen LogP contribution in [0.1, 0.15) is 5.69 Å². The quantitative estimate of drug-likeness (QED) is 0.919. The van der Waals surface area contributed by atoms with E-state index in [0.717, 1.165) is 38.1 Å². The largest absolute Gasteiger partial charge is 0.433 e. The number of piperazine rings is 1. The highest BCUT2D eigenvalue weighted by atomic mass is 19.4. The summed E-state index contributed by atoms with van der Waals surface area (Å²) in [7, 11) is 0. The zero-order chi connectivity index (χ0) is 15.6. The summed E-state index contributed by atoms with van der Waals surface area (Å²) in [6.45, 7) is 3.38. The van der Waals surface area contributed by atoms with Crippen molar-refractivity contribution in [3.8, 4) is 11.3 Å². The van der Waals surface area contributed by atoms with Crippen molar-refractivity contribution >= 4 is 5.82 Å². The van der Waals surface area contributed by atoms with Crippen molar-refractivity contribution in [2.45, 2.75) is 6.18 Å². The fraction of sp³-hybridized carbons (Fsp3) is 0.357. The SMILES string of the molecule is FC(F)(F)c1ccc(-c2cncc(N3CCNCC3)n2)cn1. The van der Waals surface area contributed by atoms with E-state index in [2.05, 4.69) is 25.2 Å². The summed E-state index contributed by atoms with van der Waals surface area (Å²) in [5.74, 6) is 0.721. The molecule has 0 spiro atoms. The molecule has 0 aliphatic carbocycles. The van der Waals surface area contributed by atoms with Crippen LogP contribution in [0.5, 0.6) is 0 Å². The number of halogens is 3. The molecule has 1 aliphatic rings. The van der Waals surface area contributed by atoms with Crippen molar-refractivity contribution in [1.29, 1.82) is 0 Å². The molecule has 8 heteroatoms. The molecule has 5 nitrogen and oxygen atoms in total. The molecule has 0 bridgehead atoms. The molecule has 0 unspecified atom stereocenters. The summed E-state index contributed by atoms with van der Waals surface area (Å²) < 4.78 is 37.6. The number of anilines is 1. The van der Waals surface area contributed by atoms with Crippen molar-refractivity contribution < 1.29 is 13.2 Å². The maximum atomic E-state index is 12.5. The van der Waals surface area contributed by atoms with Gasteiger partial charge < -0.3 is 10.2 Å². The molecule has 0 radical (unpaired) electrons. The zero-order valence-electron chi connectivity index (χ0n) is 11.6. The summed E-state index contributed by atoms with van der Waals surface area (Å²) in [6, 6.07) is 2.32. The summed E-state index contributed by atoms with van der Waals surface area (Å²) in [6.07, 6.45) is -0.0798. The van der Waals surface area contributed by atoms with Crippen LogP contribution in [0.2, 0.25) is 0 Å². The van der Waals surface area contributed by atoms with Gasteiger partial charge in [0, 0.05) is 37.9 Å². The Morgan fingerprint density at radius 2 is 1.82 bits per heavy atom. The highest BCUT2D eigenvalue weighted by Gasteiger charge is 2.32. The van der Waals surface area contributed by atoms with Crippen LogP contribution in [0.25, 0.3) is 11.3 Å². The second-order valence-corrected chi connectivity index (χ2v) is 4.93. The lowest BCUT2D eigenvalue weighted by Crippen LogP contribution is -2.43. The van der Waals surface area contributed by atoms with Gasteiger partial charge in [-0.3, -0.25) is 9.97 Å². The number of nitrogens with one attached hydrogen (secondary N) is 1. The number of rotatable bonds is 2. The summed E-state index contributed by atoms with van der Waals surface area (Å²) in [5, 5.41) is 3.24. The van der Waals surface area contributed by atoms with Crippen LogP contribution < -0.4 is 10.2 Å². The molecule has 0 amide bonds. The molecule has 2 aromatic rings. The topological polar surface area (TPSA) is 53.9 Å². The van der Waals surface area contributed by atoms with Gasteiger partial charge in [-0.2, -0.15) is 13.2 Å². The maximum Gasteiger partial charge on any atom is 0.433 e. The van der Waals surface area contributed by atoms with Gasteiger partial charge >= 0.3 is 6.18 Å². The van der Waals surface area contributed by atoms with E-state index in [1.807, 2.05) is 0 Å². The molecule has 2 aromatic heterocycles. The molecule has 1 fully saturated rings. The first-order chi connectivity index (χ1) is 10.5. The zero-order valence-corrected chi connectivity index (χ0v) is 11.6. The Balaban J connectivity index is 1.85. The van der Waals surface area contributed by atoms with Gasteiger partial charge in [0.15, 0.2) is 0 Å². The molecule has 116 valence electrons. The highest BCUT2D eigenvalue weighted by molar-refractivity contribution is 5.59. The predicted octanol–water partition coefficient (Wildman–Crippen LogP) is 1.97. The second kappa shape index (κ2) is 5.88. The van der Waals surface area contributed by atoms with E-state index < -0.39 is 11.9 Å². The molecule has 1 N–H and O–H groups in total. The summed E-state index contributed by atoms with van der Waals surface area (Å²) in [4.78, 5) is 14.1. The van der Waals surface area contributed by atoms with Gasteiger partial charge in [0.1, 0.15) is 11.5 Å². The smallest absolute Gasteiger partial charge is 0.353 e. The van der Waals surface area contributed by atoms with Crippen LogP contribution >= 0.6 is 0 Å². The van der Waals surface area contributed by atoms with Crippen LogP contribution in [-0.2, 0) is 6.18 Å². The number of alkyl halides is 3. The minimum atomic E-state index is -4.44. The van der Waals surface area contributed by atoms with E-state index in [1.54, 1.807) is 6.20 Å². The van der Waals surface area contributed by atoms with Crippen LogP contribution in [-0.4, -0.2) is 41.1 Å². The normalized spacial score (nSPS) is 15.9. The van der Waals surface area contributed by atoms with Crippen LogP contribution in [0.3, 0.4) is 0 Å². The molecular formula is C14H14F3N5. The first-order valence-corrected chi connectivity index (χ1v) is 6.85. The van der Waals surface area contributed by atoms with Gasteiger partial charge in [0.05, 0.1) is 18.1 Å². The second-order valence-electron chi connectivity index (χ2n) is 4.93. The first kappa shape index (κ1) is 14.7. The predicted molar refractivity (Wildman–Crippen MR) is 75.3 cm³/mol. The van der Waals surface area contributed by atoms with Gasteiger partial charge in [-0.1, -0.05) is 0 Å². The van der Waals surface area contributed by atoms with Gasteiger partial charge in [-0.25, -0.2) is 4.98 Å². The first-order valence-electron chi connectivity index (χ1n) is 6.85. The Morgan fingerprint density at radius 3 is 2.45 bits per heavy atom. The number of hydrogen-bond donors (Lipinski definition) is 1. The van der Waals surface area contributed by atoms with E-state index in [0.29, 0.717) is 11.3 Å². The van der Waals surface area contributed by atoms with Crippen molar-refractivity contribution in [2.24, 2.45) is 0 Å². The minimum Gasteiger partial charge on any atom is -0.353 e. The molecule has 1 saturated heterocycles. The fourth-order valence-electron chi connectivity index (χ4n) is 2.25. The van der Waals surface area contributed by atoms with E-state index >= 15 is 0 Å². The molecule has 3 heterocycles. The van der Waals surface area contributed by atoms with Crippen LogP contribution in [0.15, 0.2) is 30.7 Å². The van der Waals surface area contributed by atoms with Crippen molar-refractivity contribution in [3.05, 3.63) is 36.4 Å². The van der Waals surface area contributed by atoms with Crippen LogP contribution in [0.4, 0.5) is 19.0 Å². The molecule has 0 saturated carbocycles. The van der Waals surface area contributed by atoms with E-state index in [-0.39, 0.29) is 0 Å². The average molecular weight is 309 g/mol. The number of pyridine rings is 1. The lowest BCUT2D eigenvalue weighted by Gasteiger charge is -2.28. The van der Waals surface area contributed by atoms with Gasteiger partial charge in [-0.05, 0) is 12.1 Å². The van der Waals surface area contributed by atoms with Gasteiger partial charge in [0.25, 0.3) is 0 Å². The Bertz CT molecular complexity index is 636. The third-order valence-electron chi connectivity index (χ3n) is 3.41. The number of hydrogen-bond acceptors (Lipinski definition) is 5. The van der Waals surface area contributed by atoms with Crippen molar-refractivity contribution in [3.63, 3.8) is 0 Å². The number of nitrogens with zero attached hydrogens (tertiary/aromatic N) is 4. The Labute approximate surface area is 125 Å². The lowest BCUT2D eigenvalue weighted by molar-refractivity contribution is -0.141. The Kier molecular flexibility index (Phi) is 3.93. The van der Waals surface area contributed by atoms with Crippen LogP contribution in [0, 0.1) is 0 Å². The lowest BCUT2D eigenvalue weighted by atomic mass is 10.2. The standard InChI is InChI=1S/C14H14F3N5/c15-14(16,17)12-2-1-10(7-20-12)11-8-19-9-13(21-11)22-5-3-18-4-6-22/h1-2,7-9,18H,3-6H2. The minimum absolute atomic E-state index is 0.511. The molecular weight excluding hydrogens is 295 g/mol. The maximum absolute atomic E-state index is 12.5. The molecule has 0 atom stereocenters. The van der Waals surface area contributed by atoms with Gasteiger partial charge in [0.2, 0.25) is 0 Å². The summed E-state index contributed by atoms with van der Waals surface area (Å²) >= 11 is 0. The summed E-state index contributed by atoms with van der Waals surface area (Å²) in [5.41, 5.74) is 0.109. The molecule has 22 heavy (non-hydrogen) atoms. The molecule has 3 rings (SSSR count). The third kappa shape index (κ3) is 3.16. The van der Waals surface area contributed by atoms with E-state index in [9.17, 15) is 13.2 Å². The fourth-order valence-corrected chi connectivity index (χ4v) is 2.25.